The molecule has 110 valence electrons. The van der Waals surface area contributed by atoms with Crippen LogP contribution in [0.2, 0.25) is 0 Å². The van der Waals surface area contributed by atoms with Gasteiger partial charge in [-0.15, -0.1) is 0 Å². The predicted octanol–water partition coefficient (Wildman–Crippen LogP) is 2.33. The summed E-state index contributed by atoms with van der Waals surface area (Å²) >= 11 is 0. The van der Waals surface area contributed by atoms with Crippen molar-refractivity contribution in [2.24, 2.45) is 5.92 Å². The predicted molar refractivity (Wildman–Crippen MR) is 76.7 cm³/mol. The quantitative estimate of drug-likeness (QED) is 0.803. The van der Waals surface area contributed by atoms with Crippen LogP contribution in [0.3, 0.4) is 0 Å². The highest BCUT2D eigenvalue weighted by molar-refractivity contribution is 5.99. The molecule has 0 aromatic rings. The van der Waals surface area contributed by atoms with E-state index in [-0.39, 0.29) is 17.9 Å². The molecule has 1 rings (SSSR count). The second-order valence-electron chi connectivity index (χ2n) is 5.59. The van der Waals surface area contributed by atoms with E-state index >= 15 is 0 Å². The van der Waals surface area contributed by atoms with Crippen LogP contribution in [0.15, 0.2) is 0 Å². The number of piperazine rings is 1. The molecule has 1 unspecified atom stereocenters. The van der Waals surface area contributed by atoms with E-state index < -0.39 is 5.54 Å². The molecule has 0 aliphatic carbocycles. The summed E-state index contributed by atoms with van der Waals surface area (Å²) in [6.45, 7) is 10.7. The molecule has 1 fully saturated rings. The van der Waals surface area contributed by atoms with Gasteiger partial charge < -0.3 is 10.2 Å². The zero-order chi connectivity index (χ0) is 14.6. The molecule has 0 spiro atoms. The van der Waals surface area contributed by atoms with Gasteiger partial charge in [0, 0.05) is 6.54 Å². The zero-order valence-corrected chi connectivity index (χ0v) is 13.0. The summed E-state index contributed by atoms with van der Waals surface area (Å²) in [6, 6.07) is -0.348. The van der Waals surface area contributed by atoms with Crippen LogP contribution in [0.25, 0.3) is 0 Å². The summed E-state index contributed by atoms with van der Waals surface area (Å²) < 4.78 is 0. The van der Waals surface area contributed by atoms with Crippen molar-refractivity contribution in [2.75, 3.05) is 6.54 Å². The first-order valence-corrected chi connectivity index (χ1v) is 7.58. The van der Waals surface area contributed by atoms with Crippen LogP contribution in [0, 0.1) is 5.92 Å². The molecule has 1 heterocycles. The second kappa shape index (κ2) is 6.40. The molecule has 19 heavy (non-hydrogen) atoms. The van der Waals surface area contributed by atoms with Crippen molar-refractivity contribution in [1.29, 1.82) is 0 Å². The average molecular weight is 268 g/mol. The van der Waals surface area contributed by atoms with Crippen LogP contribution >= 0.6 is 0 Å². The van der Waals surface area contributed by atoms with Gasteiger partial charge in [0.05, 0.1) is 0 Å². The molecule has 2 amide bonds. The molecule has 4 nitrogen and oxygen atoms in total. The third-order valence-corrected chi connectivity index (χ3v) is 4.70. The summed E-state index contributed by atoms with van der Waals surface area (Å²) in [5.41, 5.74) is -0.685. The fourth-order valence-electron chi connectivity index (χ4n) is 2.78. The van der Waals surface area contributed by atoms with Gasteiger partial charge in [0.25, 0.3) is 0 Å². The van der Waals surface area contributed by atoms with E-state index in [0.29, 0.717) is 25.3 Å². The number of carbonyl (C=O) groups is 2. The zero-order valence-electron chi connectivity index (χ0n) is 13.0. The highest BCUT2D eigenvalue weighted by Crippen LogP contribution is 2.26. The molecular formula is C15H28N2O2. The lowest BCUT2D eigenvalue weighted by molar-refractivity contribution is -0.155. The van der Waals surface area contributed by atoms with Gasteiger partial charge in [-0.3, -0.25) is 9.59 Å². The van der Waals surface area contributed by atoms with Gasteiger partial charge in [0.2, 0.25) is 11.8 Å². The van der Waals surface area contributed by atoms with Crippen molar-refractivity contribution in [3.63, 3.8) is 0 Å². The Morgan fingerprint density at radius 3 is 2.11 bits per heavy atom. The van der Waals surface area contributed by atoms with Crippen molar-refractivity contribution < 1.29 is 9.59 Å². The molecule has 0 aromatic carbocycles. The normalized spacial score (nSPS) is 22.8. The first-order chi connectivity index (χ1) is 8.95. The third kappa shape index (κ3) is 2.93. The molecule has 4 heteroatoms. The summed E-state index contributed by atoms with van der Waals surface area (Å²) in [4.78, 5) is 26.7. The van der Waals surface area contributed by atoms with Crippen LogP contribution in [0.4, 0.5) is 0 Å². The molecule has 0 radical (unpaired) electrons. The van der Waals surface area contributed by atoms with Crippen molar-refractivity contribution in [3.8, 4) is 0 Å². The van der Waals surface area contributed by atoms with Crippen molar-refractivity contribution >= 4 is 11.8 Å². The Hall–Kier alpha value is -1.06. The van der Waals surface area contributed by atoms with E-state index in [1.807, 2.05) is 20.8 Å². The first-order valence-electron chi connectivity index (χ1n) is 7.58. The molecule has 0 aromatic heterocycles. The topological polar surface area (TPSA) is 49.4 Å². The van der Waals surface area contributed by atoms with E-state index in [1.165, 1.54) is 0 Å². The maximum atomic E-state index is 12.7. The minimum atomic E-state index is -0.685. The van der Waals surface area contributed by atoms with E-state index in [9.17, 15) is 9.59 Å². The molecule has 1 saturated heterocycles. The second-order valence-corrected chi connectivity index (χ2v) is 5.59. The number of hydrogen-bond donors (Lipinski definition) is 1. The lowest BCUT2D eigenvalue weighted by Crippen LogP contribution is -2.69. The van der Waals surface area contributed by atoms with Gasteiger partial charge in [0.1, 0.15) is 11.6 Å². The number of hydrogen-bond acceptors (Lipinski definition) is 2. The van der Waals surface area contributed by atoms with Crippen LogP contribution < -0.4 is 5.32 Å². The number of rotatable bonds is 6. The lowest BCUT2D eigenvalue weighted by atomic mass is 9.86. The Morgan fingerprint density at radius 1 is 1.16 bits per heavy atom. The summed E-state index contributed by atoms with van der Waals surface area (Å²) in [5.74, 6) is 0.550. The number of nitrogens with one attached hydrogen (secondary N) is 1. The van der Waals surface area contributed by atoms with Gasteiger partial charge in [-0.05, 0) is 25.7 Å². The monoisotopic (exact) mass is 268 g/mol. The Labute approximate surface area is 116 Å². The molecule has 1 N–H and O–H groups in total. The van der Waals surface area contributed by atoms with Gasteiger partial charge in [0.15, 0.2) is 0 Å². The molecule has 0 bridgehead atoms. The Bertz CT molecular complexity index is 333. The minimum Gasteiger partial charge on any atom is -0.340 e. The number of amides is 2. The molecule has 0 saturated carbocycles. The summed E-state index contributed by atoms with van der Waals surface area (Å²) in [5, 5.41) is 2.94. The Morgan fingerprint density at radius 2 is 1.68 bits per heavy atom. The number of nitrogens with zero attached hydrogens (tertiary/aromatic N) is 1. The Balaban J connectivity index is 2.99. The van der Waals surface area contributed by atoms with E-state index in [2.05, 4.69) is 19.2 Å². The van der Waals surface area contributed by atoms with Crippen molar-refractivity contribution in [1.82, 2.24) is 10.2 Å². The number of carbonyl (C=O) groups excluding carboxylic acids is 2. The van der Waals surface area contributed by atoms with Crippen LogP contribution in [-0.4, -0.2) is 34.8 Å². The molecular weight excluding hydrogens is 240 g/mol. The maximum absolute atomic E-state index is 12.7. The third-order valence-electron chi connectivity index (χ3n) is 4.70. The van der Waals surface area contributed by atoms with Crippen molar-refractivity contribution in [2.45, 2.75) is 71.9 Å². The van der Waals surface area contributed by atoms with E-state index in [0.717, 1.165) is 12.8 Å². The fourth-order valence-corrected chi connectivity index (χ4v) is 2.78. The fraction of sp³-hybridized carbons (Fsp3) is 0.867. The van der Waals surface area contributed by atoms with Crippen LogP contribution in [0.1, 0.15) is 60.3 Å². The average Bonchev–Trinajstić information content (AvgIpc) is 2.43. The van der Waals surface area contributed by atoms with Gasteiger partial charge in [-0.25, -0.2) is 0 Å². The maximum Gasteiger partial charge on any atom is 0.248 e. The first kappa shape index (κ1) is 16.0. The minimum absolute atomic E-state index is 0.0192. The molecule has 1 aliphatic heterocycles. The van der Waals surface area contributed by atoms with Gasteiger partial charge in [-0.2, -0.15) is 0 Å². The summed E-state index contributed by atoms with van der Waals surface area (Å²) in [6.07, 6.45) is 3.39. The van der Waals surface area contributed by atoms with Crippen LogP contribution in [0.5, 0.6) is 0 Å². The lowest BCUT2D eigenvalue weighted by Gasteiger charge is -2.45. The molecule has 1 aliphatic rings. The van der Waals surface area contributed by atoms with E-state index in [4.69, 9.17) is 0 Å². The van der Waals surface area contributed by atoms with Crippen LogP contribution in [-0.2, 0) is 9.59 Å². The highest BCUT2D eigenvalue weighted by Gasteiger charge is 2.47. The molecule has 1 atom stereocenters. The standard InChI is InChI=1S/C15H28N2O2/c1-6-12(7-2)10-17-11(5)13(18)16-15(8-3,9-4)14(17)19/h11-12H,6-10H2,1-5H3,(H,16,18). The van der Waals surface area contributed by atoms with E-state index in [1.54, 1.807) is 4.90 Å². The SMILES string of the molecule is CCC(CC)CN1C(=O)C(CC)(CC)NC(=O)C1C. The van der Waals surface area contributed by atoms with Gasteiger partial charge in [-0.1, -0.05) is 40.5 Å². The summed E-state index contributed by atoms with van der Waals surface area (Å²) in [7, 11) is 0. The smallest absolute Gasteiger partial charge is 0.248 e. The Kier molecular flexibility index (Phi) is 5.39. The highest BCUT2D eigenvalue weighted by atomic mass is 16.2. The van der Waals surface area contributed by atoms with Crippen molar-refractivity contribution in [3.05, 3.63) is 0 Å². The van der Waals surface area contributed by atoms with Gasteiger partial charge >= 0.3 is 0 Å². The largest absolute Gasteiger partial charge is 0.340 e.